The van der Waals surface area contributed by atoms with Gasteiger partial charge >= 0.3 is 5.97 Å². The van der Waals surface area contributed by atoms with Crippen LogP contribution in [-0.2, 0) is 24.2 Å². The Bertz CT molecular complexity index is 1160. The minimum atomic E-state index is -0.406. The molecule has 1 aliphatic rings. The van der Waals surface area contributed by atoms with Gasteiger partial charge in [-0.3, -0.25) is 9.69 Å². The molecule has 4 rings (SSSR count). The molecule has 0 radical (unpaired) electrons. The summed E-state index contributed by atoms with van der Waals surface area (Å²) in [6.07, 6.45) is 0.722. The van der Waals surface area contributed by atoms with Gasteiger partial charge in [0, 0.05) is 30.1 Å². The molecule has 0 fully saturated rings. The number of rotatable bonds is 6. The maximum absolute atomic E-state index is 12.8. The van der Waals surface area contributed by atoms with Crippen LogP contribution in [0.15, 0.2) is 54.6 Å². The lowest BCUT2D eigenvalue weighted by atomic mass is 10.0. The Labute approximate surface area is 191 Å². The molecule has 6 nitrogen and oxygen atoms in total. The highest BCUT2D eigenvalue weighted by molar-refractivity contribution is 7.17. The first-order valence-electron chi connectivity index (χ1n) is 10.5. The van der Waals surface area contributed by atoms with E-state index in [1.807, 2.05) is 24.3 Å². The van der Waals surface area contributed by atoms with Crippen molar-refractivity contribution in [2.75, 3.05) is 18.5 Å². The van der Waals surface area contributed by atoms with Crippen LogP contribution in [0.5, 0.6) is 0 Å². The largest absolute Gasteiger partial charge is 0.462 e. The van der Waals surface area contributed by atoms with Crippen molar-refractivity contribution in [3.05, 3.63) is 87.3 Å². The van der Waals surface area contributed by atoms with E-state index in [4.69, 9.17) is 10.00 Å². The number of thiophene rings is 1. The lowest BCUT2D eigenvalue weighted by Crippen LogP contribution is -2.29. The third kappa shape index (κ3) is 4.72. The zero-order valence-electron chi connectivity index (χ0n) is 17.8. The van der Waals surface area contributed by atoms with Gasteiger partial charge in [0.15, 0.2) is 0 Å². The topological polar surface area (TPSA) is 82.4 Å². The van der Waals surface area contributed by atoms with Gasteiger partial charge in [-0.15, -0.1) is 11.3 Å². The van der Waals surface area contributed by atoms with Crippen molar-refractivity contribution in [3.63, 3.8) is 0 Å². The minimum absolute atomic E-state index is 0.270. The number of nitrogens with one attached hydrogen (secondary N) is 1. The number of fused-ring (bicyclic) bond motifs is 1. The van der Waals surface area contributed by atoms with Crippen LogP contribution in [0.4, 0.5) is 5.00 Å². The van der Waals surface area contributed by atoms with Gasteiger partial charge in [0.25, 0.3) is 5.91 Å². The molecule has 1 aromatic heterocycles. The van der Waals surface area contributed by atoms with Crippen LogP contribution in [0.1, 0.15) is 49.2 Å². The number of carbonyl (C=O) groups excluding carboxylic acids is 2. The lowest BCUT2D eigenvalue weighted by Gasteiger charge is -2.27. The van der Waals surface area contributed by atoms with Gasteiger partial charge in [0.05, 0.1) is 23.8 Å². The first-order chi connectivity index (χ1) is 15.6. The standard InChI is InChI=1S/C25H23N3O3S/c1-2-31-25(30)22-20-12-13-28(15-18-6-4-3-5-7-18)16-21(20)32-24(22)27-23(29)19-10-8-17(14-26)9-11-19/h3-11H,2,12-13,15-16H2,1H3,(H,27,29). The molecular weight excluding hydrogens is 422 g/mol. The second kappa shape index (κ2) is 9.77. The molecular formula is C25H23N3O3S. The fourth-order valence-corrected chi connectivity index (χ4v) is 5.08. The van der Waals surface area contributed by atoms with Crippen LogP contribution < -0.4 is 5.32 Å². The lowest BCUT2D eigenvalue weighted by molar-refractivity contribution is 0.0526. The number of hydrogen-bond donors (Lipinski definition) is 1. The maximum Gasteiger partial charge on any atom is 0.341 e. The molecule has 3 aromatic rings. The van der Waals surface area contributed by atoms with Gasteiger partial charge < -0.3 is 10.1 Å². The van der Waals surface area contributed by atoms with E-state index in [9.17, 15) is 9.59 Å². The number of amides is 1. The van der Waals surface area contributed by atoms with Gasteiger partial charge in [-0.2, -0.15) is 5.26 Å². The third-order valence-electron chi connectivity index (χ3n) is 5.37. The molecule has 0 saturated heterocycles. The van der Waals surface area contributed by atoms with E-state index in [1.54, 1.807) is 31.2 Å². The second-order valence-electron chi connectivity index (χ2n) is 7.52. The Morgan fingerprint density at radius 2 is 1.91 bits per heavy atom. The van der Waals surface area contributed by atoms with Crippen molar-refractivity contribution in [2.45, 2.75) is 26.4 Å². The molecule has 162 valence electrons. The smallest absolute Gasteiger partial charge is 0.341 e. The Kier molecular flexibility index (Phi) is 6.64. The first kappa shape index (κ1) is 21.8. The SMILES string of the molecule is CCOC(=O)c1c(NC(=O)c2ccc(C#N)cc2)sc2c1CCN(Cc1ccccc1)C2. The summed E-state index contributed by atoms with van der Waals surface area (Å²) in [5.41, 5.74) is 3.59. The van der Waals surface area contributed by atoms with Gasteiger partial charge in [-0.25, -0.2) is 4.79 Å². The van der Waals surface area contributed by atoms with E-state index in [0.29, 0.717) is 28.2 Å². The van der Waals surface area contributed by atoms with E-state index in [1.165, 1.54) is 16.9 Å². The highest BCUT2D eigenvalue weighted by Gasteiger charge is 2.29. The number of hydrogen-bond acceptors (Lipinski definition) is 6. The molecule has 1 aliphatic heterocycles. The highest BCUT2D eigenvalue weighted by Crippen LogP contribution is 2.38. The molecule has 0 saturated carbocycles. The van der Waals surface area contributed by atoms with Crippen LogP contribution in [-0.4, -0.2) is 29.9 Å². The highest BCUT2D eigenvalue weighted by atomic mass is 32.1. The normalized spacial score (nSPS) is 13.1. The van der Waals surface area contributed by atoms with Gasteiger partial charge in [-0.05, 0) is 48.7 Å². The van der Waals surface area contributed by atoms with Crippen molar-refractivity contribution >= 4 is 28.2 Å². The molecule has 0 unspecified atom stereocenters. The third-order valence-corrected chi connectivity index (χ3v) is 6.50. The molecule has 32 heavy (non-hydrogen) atoms. The first-order valence-corrected chi connectivity index (χ1v) is 11.3. The molecule has 0 atom stereocenters. The van der Waals surface area contributed by atoms with Crippen LogP contribution in [0.3, 0.4) is 0 Å². The summed E-state index contributed by atoms with van der Waals surface area (Å²) in [6, 6.07) is 18.7. The van der Waals surface area contributed by atoms with Crippen molar-refractivity contribution < 1.29 is 14.3 Å². The van der Waals surface area contributed by atoms with Crippen molar-refractivity contribution in [2.24, 2.45) is 0 Å². The summed E-state index contributed by atoms with van der Waals surface area (Å²) in [4.78, 5) is 29.0. The van der Waals surface area contributed by atoms with Crippen LogP contribution in [0.25, 0.3) is 0 Å². The number of benzene rings is 2. The van der Waals surface area contributed by atoms with Gasteiger partial charge in [-0.1, -0.05) is 30.3 Å². The average Bonchev–Trinajstić information content (AvgIpc) is 3.17. The Balaban J connectivity index is 1.58. The molecule has 2 aromatic carbocycles. The molecule has 1 amide bonds. The summed E-state index contributed by atoms with van der Waals surface area (Å²) in [7, 11) is 0. The number of carbonyl (C=O) groups is 2. The molecule has 7 heteroatoms. The predicted octanol–water partition coefficient (Wildman–Crippen LogP) is 4.61. The van der Waals surface area contributed by atoms with Crippen molar-refractivity contribution in [3.8, 4) is 6.07 Å². The maximum atomic E-state index is 12.8. The Morgan fingerprint density at radius 1 is 1.16 bits per heavy atom. The fraction of sp³-hybridized carbons (Fsp3) is 0.240. The van der Waals surface area contributed by atoms with Crippen molar-refractivity contribution in [1.82, 2.24) is 4.90 Å². The minimum Gasteiger partial charge on any atom is -0.462 e. The second-order valence-corrected chi connectivity index (χ2v) is 8.62. The number of nitriles is 1. The summed E-state index contributed by atoms with van der Waals surface area (Å²) < 4.78 is 5.30. The van der Waals surface area contributed by atoms with Crippen LogP contribution >= 0.6 is 11.3 Å². The molecule has 0 bridgehead atoms. The van der Waals surface area contributed by atoms with E-state index in [-0.39, 0.29) is 12.5 Å². The van der Waals surface area contributed by atoms with E-state index in [0.717, 1.165) is 30.0 Å². The van der Waals surface area contributed by atoms with Crippen LogP contribution in [0.2, 0.25) is 0 Å². The van der Waals surface area contributed by atoms with Gasteiger partial charge in [0.2, 0.25) is 0 Å². The fourth-order valence-electron chi connectivity index (χ4n) is 3.81. The van der Waals surface area contributed by atoms with Crippen molar-refractivity contribution in [1.29, 1.82) is 5.26 Å². The summed E-state index contributed by atoms with van der Waals surface area (Å²) >= 11 is 1.43. The zero-order valence-corrected chi connectivity index (χ0v) is 18.6. The number of anilines is 1. The molecule has 1 N–H and O–H groups in total. The number of esters is 1. The molecule has 2 heterocycles. The molecule has 0 aliphatic carbocycles. The summed E-state index contributed by atoms with van der Waals surface area (Å²) in [5.74, 6) is -0.726. The van der Waals surface area contributed by atoms with E-state index >= 15 is 0 Å². The Hall–Kier alpha value is -3.47. The summed E-state index contributed by atoms with van der Waals surface area (Å²) in [5, 5.41) is 12.4. The number of ether oxygens (including phenoxy) is 1. The quantitative estimate of drug-likeness (QED) is 0.561. The monoisotopic (exact) mass is 445 g/mol. The zero-order chi connectivity index (χ0) is 22.5. The van der Waals surface area contributed by atoms with Crippen LogP contribution in [0, 0.1) is 11.3 Å². The number of nitrogens with zero attached hydrogens (tertiary/aromatic N) is 2. The molecule has 0 spiro atoms. The Morgan fingerprint density at radius 3 is 2.59 bits per heavy atom. The van der Waals surface area contributed by atoms with E-state index < -0.39 is 5.97 Å². The van der Waals surface area contributed by atoms with Gasteiger partial charge in [0.1, 0.15) is 5.00 Å². The predicted molar refractivity (Wildman–Crippen MR) is 124 cm³/mol. The summed E-state index contributed by atoms with van der Waals surface area (Å²) in [6.45, 7) is 4.42. The average molecular weight is 446 g/mol. The van der Waals surface area contributed by atoms with E-state index in [2.05, 4.69) is 22.3 Å².